The summed E-state index contributed by atoms with van der Waals surface area (Å²) >= 11 is 0. The Morgan fingerprint density at radius 1 is 1.12 bits per heavy atom. The third-order valence-corrected chi connectivity index (χ3v) is 4.75. The molecule has 0 aromatic heterocycles. The number of hydrogen-bond donors (Lipinski definition) is 0. The molecule has 2 atom stereocenters. The topological polar surface area (TPSA) is 107 Å². The monoisotopic (exact) mass is 346 g/mol. The molecule has 0 unspecified atom stereocenters. The normalized spacial score (nSPS) is 22.6. The van der Waals surface area contributed by atoms with Gasteiger partial charge in [0.15, 0.2) is 0 Å². The van der Waals surface area contributed by atoms with Crippen LogP contribution in [0.3, 0.4) is 0 Å². The molecule has 25 heavy (non-hydrogen) atoms. The van der Waals surface area contributed by atoms with E-state index in [2.05, 4.69) is 0 Å². The summed E-state index contributed by atoms with van der Waals surface area (Å²) in [5.74, 6) is -1.23. The van der Waals surface area contributed by atoms with Crippen molar-refractivity contribution in [3.63, 3.8) is 0 Å². The fraction of sp³-hybridized carbons (Fsp3) is 0.471. The van der Waals surface area contributed by atoms with Crippen molar-refractivity contribution in [2.24, 2.45) is 11.8 Å². The van der Waals surface area contributed by atoms with Crippen molar-refractivity contribution in [2.45, 2.75) is 32.1 Å². The van der Waals surface area contributed by atoms with Gasteiger partial charge in [-0.05, 0) is 25.0 Å². The van der Waals surface area contributed by atoms with E-state index >= 15 is 0 Å². The summed E-state index contributed by atoms with van der Waals surface area (Å²) in [5, 5.41) is 10.6. The van der Waals surface area contributed by atoms with Gasteiger partial charge >= 0.3 is 5.97 Å². The van der Waals surface area contributed by atoms with Crippen LogP contribution in [0.15, 0.2) is 24.3 Å². The molecule has 1 heterocycles. The number of hydrogen-bond acceptors (Lipinski definition) is 6. The van der Waals surface area contributed by atoms with Crippen LogP contribution in [0.2, 0.25) is 0 Å². The van der Waals surface area contributed by atoms with Crippen LogP contribution in [-0.2, 0) is 14.4 Å². The molecule has 0 radical (unpaired) electrons. The first-order valence-electron chi connectivity index (χ1n) is 8.27. The summed E-state index contributed by atoms with van der Waals surface area (Å²) < 4.78 is 5.09. The summed E-state index contributed by atoms with van der Waals surface area (Å²) in [7, 11) is 0. The van der Waals surface area contributed by atoms with E-state index in [0.29, 0.717) is 0 Å². The summed E-state index contributed by atoms with van der Waals surface area (Å²) in [5.41, 5.74) is -0.101. The number of imide groups is 1. The largest absolute Gasteiger partial charge is 0.426 e. The Morgan fingerprint density at radius 3 is 2.20 bits per heavy atom. The first-order valence-corrected chi connectivity index (χ1v) is 8.27. The summed E-state index contributed by atoms with van der Waals surface area (Å²) in [6, 6.07) is 5.13. The highest BCUT2D eigenvalue weighted by molar-refractivity contribution is 6.05. The molecule has 8 nitrogen and oxygen atoms in total. The second kappa shape index (κ2) is 7.00. The number of benzene rings is 1. The smallest absolute Gasteiger partial charge is 0.312 e. The van der Waals surface area contributed by atoms with E-state index in [9.17, 15) is 24.5 Å². The highest BCUT2D eigenvalue weighted by Gasteiger charge is 2.47. The molecule has 8 heteroatoms. The van der Waals surface area contributed by atoms with Crippen LogP contribution in [0, 0.1) is 22.0 Å². The van der Waals surface area contributed by atoms with Crippen molar-refractivity contribution in [1.82, 2.24) is 4.90 Å². The minimum atomic E-state index is -0.593. The third-order valence-electron chi connectivity index (χ3n) is 4.75. The highest BCUT2D eigenvalue weighted by Crippen LogP contribution is 2.38. The number of rotatable bonds is 5. The van der Waals surface area contributed by atoms with Crippen molar-refractivity contribution in [1.29, 1.82) is 0 Å². The van der Waals surface area contributed by atoms with Gasteiger partial charge in [0.2, 0.25) is 11.8 Å². The van der Waals surface area contributed by atoms with E-state index in [1.807, 2.05) is 0 Å². The van der Waals surface area contributed by atoms with Crippen molar-refractivity contribution >= 4 is 23.5 Å². The molecule has 0 N–H and O–H groups in total. The lowest BCUT2D eigenvalue weighted by Crippen LogP contribution is -2.33. The van der Waals surface area contributed by atoms with Crippen LogP contribution in [0.1, 0.15) is 32.1 Å². The predicted molar refractivity (Wildman–Crippen MR) is 85.5 cm³/mol. The Hall–Kier alpha value is -2.77. The molecular formula is C17H18N2O6. The van der Waals surface area contributed by atoms with Crippen LogP contribution in [-0.4, -0.2) is 34.2 Å². The van der Waals surface area contributed by atoms with Gasteiger partial charge < -0.3 is 4.74 Å². The van der Waals surface area contributed by atoms with Gasteiger partial charge in [-0.2, -0.15) is 0 Å². The number of nitro benzene ring substituents is 1. The van der Waals surface area contributed by atoms with Gasteiger partial charge in [-0.15, -0.1) is 0 Å². The zero-order chi connectivity index (χ0) is 18.0. The number of nitrogens with zero attached hydrogens (tertiary/aromatic N) is 2. The Bertz CT molecular complexity index is 690. The van der Waals surface area contributed by atoms with E-state index in [-0.39, 0.29) is 48.1 Å². The first kappa shape index (κ1) is 17.1. The predicted octanol–water partition coefficient (Wildman–Crippen LogP) is 2.07. The quantitative estimate of drug-likeness (QED) is 0.266. The van der Waals surface area contributed by atoms with Gasteiger partial charge in [-0.3, -0.25) is 29.4 Å². The van der Waals surface area contributed by atoms with Crippen molar-refractivity contribution in [3.05, 3.63) is 34.4 Å². The minimum absolute atomic E-state index is 0.0104. The van der Waals surface area contributed by atoms with Crippen LogP contribution < -0.4 is 4.74 Å². The minimum Gasteiger partial charge on any atom is -0.426 e. The maximum Gasteiger partial charge on any atom is 0.312 e. The van der Waals surface area contributed by atoms with E-state index in [1.165, 1.54) is 29.2 Å². The Morgan fingerprint density at radius 2 is 1.68 bits per heavy atom. The van der Waals surface area contributed by atoms with Crippen LogP contribution in [0.5, 0.6) is 5.75 Å². The zero-order valence-corrected chi connectivity index (χ0v) is 13.6. The molecular weight excluding hydrogens is 328 g/mol. The molecule has 2 amide bonds. The third kappa shape index (κ3) is 3.52. The lowest BCUT2D eigenvalue weighted by Gasteiger charge is -2.19. The molecule has 2 aliphatic rings. The average Bonchev–Trinajstić information content (AvgIpc) is 2.85. The van der Waals surface area contributed by atoms with E-state index in [0.717, 1.165) is 25.7 Å². The fourth-order valence-electron chi connectivity index (χ4n) is 3.47. The maximum atomic E-state index is 12.3. The van der Waals surface area contributed by atoms with Gasteiger partial charge in [0.05, 0.1) is 23.2 Å². The van der Waals surface area contributed by atoms with Crippen molar-refractivity contribution in [3.8, 4) is 5.75 Å². The standard InChI is InChI=1S/C17H18N2O6/c20-15(25-12-7-5-11(6-8-12)19(23)24)9-10-18-16(21)13-3-1-2-4-14(13)17(18)22/h5-8,13-14H,1-4,9-10H2/t13-,14+. The molecule has 3 rings (SSSR count). The zero-order valence-electron chi connectivity index (χ0n) is 13.6. The molecule has 1 aromatic rings. The molecule has 1 aliphatic heterocycles. The Labute approximate surface area is 143 Å². The number of likely N-dealkylation sites (tertiary alicyclic amines) is 1. The number of amides is 2. The van der Waals surface area contributed by atoms with Gasteiger partial charge in [0.1, 0.15) is 5.75 Å². The van der Waals surface area contributed by atoms with Crippen LogP contribution >= 0.6 is 0 Å². The van der Waals surface area contributed by atoms with Gasteiger partial charge in [-0.1, -0.05) is 12.8 Å². The molecule has 0 spiro atoms. The molecule has 1 aliphatic carbocycles. The Balaban J connectivity index is 1.54. The number of carbonyl (C=O) groups excluding carboxylic acids is 3. The van der Waals surface area contributed by atoms with Crippen LogP contribution in [0.4, 0.5) is 5.69 Å². The number of esters is 1. The summed E-state index contributed by atoms with van der Waals surface area (Å²) in [4.78, 5) is 47.7. The van der Waals surface area contributed by atoms with Crippen molar-refractivity contribution in [2.75, 3.05) is 6.54 Å². The van der Waals surface area contributed by atoms with E-state index in [1.54, 1.807) is 0 Å². The Kier molecular flexibility index (Phi) is 4.78. The average molecular weight is 346 g/mol. The number of carbonyl (C=O) groups is 3. The van der Waals surface area contributed by atoms with Crippen molar-refractivity contribution < 1.29 is 24.0 Å². The lowest BCUT2D eigenvalue weighted by molar-refractivity contribution is -0.384. The first-order chi connectivity index (χ1) is 12.0. The molecule has 1 saturated carbocycles. The van der Waals surface area contributed by atoms with Gasteiger partial charge in [0, 0.05) is 18.7 Å². The molecule has 132 valence electrons. The van der Waals surface area contributed by atoms with E-state index < -0.39 is 10.9 Å². The second-order valence-corrected chi connectivity index (χ2v) is 6.30. The highest BCUT2D eigenvalue weighted by atomic mass is 16.6. The van der Waals surface area contributed by atoms with E-state index in [4.69, 9.17) is 4.74 Å². The molecule has 1 saturated heterocycles. The second-order valence-electron chi connectivity index (χ2n) is 6.30. The number of nitro groups is 1. The number of non-ortho nitro benzene ring substituents is 1. The van der Waals surface area contributed by atoms with Gasteiger partial charge in [0.25, 0.3) is 5.69 Å². The fourth-order valence-corrected chi connectivity index (χ4v) is 3.47. The number of fused-ring (bicyclic) bond motifs is 1. The SMILES string of the molecule is O=C(CCN1C(=O)[C@H]2CCCC[C@H]2C1=O)Oc1ccc([N+](=O)[O-])cc1. The molecule has 2 fully saturated rings. The molecule has 1 aromatic carbocycles. The summed E-state index contributed by atoms with van der Waals surface area (Å²) in [6.45, 7) is 0.0104. The number of ether oxygens (including phenoxy) is 1. The maximum absolute atomic E-state index is 12.3. The summed E-state index contributed by atoms with van der Waals surface area (Å²) in [6.07, 6.45) is 3.28. The lowest BCUT2D eigenvalue weighted by atomic mass is 9.81. The molecule has 0 bridgehead atoms. The van der Waals surface area contributed by atoms with Crippen LogP contribution in [0.25, 0.3) is 0 Å². The van der Waals surface area contributed by atoms with Gasteiger partial charge in [-0.25, -0.2) is 0 Å².